The highest BCUT2D eigenvalue weighted by Crippen LogP contribution is 2.33. The van der Waals surface area contributed by atoms with Crippen LogP contribution in [0, 0.1) is 0 Å². The van der Waals surface area contributed by atoms with Gasteiger partial charge in [-0.2, -0.15) is 0 Å². The molecule has 1 heterocycles. The summed E-state index contributed by atoms with van der Waals surface area (Å²) in [4.78, 5) is 4.44. The molecule has 114 valence electrons. The third-order valence-electron chi connectivity index (χ3n) is 3.98. The largest absolute Gasteiger partial charge is 0.490 e. The van der Waals surface area contributed by atoms with Crippen molar-refractivity contribution in [1.82, 2.24) is 5.32 Å². The second-order valence-electron chi connectivity index (χ2n) is 5.62. The van der Waals surface area contributed by atoms with Crippen LogP contribution in [0.4, 0.5) is 0 Å². The van der Waals surface area contributed by atoms with Gasteiger partial charge in [-0.3, -0.25) is 0 Å². The maximum absolute atomic E-state index is 5.98. The van der Waals surface area contributed by atoms with Crippen molar-refractivity contribution < 1.29 is 9.47 Å². The van der Waals surface area contributed by atoms with Gasteiger partial charge in [-0.25, -0.2) is 4.99 Å². The van der Waals surface area contributed by atoms with E-state index in [4.69, 9.17) is 15.2 Å². The zero-order valence-electron chi connectivity index (χ0n) is 12.3. The fraction of sp³-hybridized carbons (Fsp3) is 0.562. The number of nitrogens with two attached hydrogens (primary N) is 1. The fourth-order valence-electron chi connectivity index (χ4n) is 2.87. The van der Waals surface area contributed by atoms with E-state index in [1.165, 1.54) is 25.7 Å². The van der Waals surface area contributed by atoms with E-state index in [2.05, 4.69) is 10.3 Å². The van der Waals surface area contributed by atoms with E-state index in [-0.39, 0.29) is 0 Å². The minimum atomic E-state index is 0.487. The highest BCUT2D eigenvalue weighted by atomic mass is 16.5. The molecule has 1 fully saturated rings. The summed E-state index contributed by atoms with van der Waals surface area (Å²) in [6, 6.07) is 6.41. The smallest absolute Gasteiger partial charge is 0.189 e. The number of guanidine groups is 1. The maximum atomic E-state index is 5.98. The molecule has 0 aromatic heterocycles. The summed E-state index contributed by atoms with van der Waals surface area (Å²) < 4.78 is 11.5. The quantitative estimate of drug-likeness (QED) is 0.661. The van der Waals surface area contributed by atoms with Crippen molar-refractivity contribution in [2.75, 3.05) is 13.2 Å². The number of fused-ring (bicyclic) bond motifs is 1. The first-order valence-corrected chi connectivity index (χ1v) is 7.77. The van der Waals surface area contributed by atoms with Gasteiger partial charge in [0.2, 0.25) is 0 Å². The van der Waals surface area contributed by atoms with Crippen LogP contribution >= 0.6 is 0 Å². The molecule has 0 saturated heterocycles. The average Bonchev–Trinajstić information content (AvgIpc) is 2.87. The Bertz CT molecular complexity index is 510. The molecule has 5 nitrogen and oxygen atoms in total. The molecule has 3 rings (SSSR count). The Kier molecular flexibility index (Phi) is 4.48. The SMILES string of the molecule is NC(=NCc1cccc2c1OCCCO2)NC1CCCC1. The van der Waals surface area contributed by atoms with Crippen LogP contribution < -0.4 is 20.5 Å². The van der Waals surface area contributed by atoms with E-state index < -0.39 is 0 Å². The summed E-state index contributed by atoms with van der Waals surface area (Å²) in [7, 11) is 0. The van der Waals surface area contributed by atoms with Crippen molar-refractivity contribution in [1.29, 1.82) is 0 Å². The number of hydrogen-bond donors (Lipinski definition) is 2. The van der Waals surface area contributed by atoms with Crippen molar-refractivity contribution in [2.45, 2.75) is 44.7 Å². The number of nitrogens with one attached hydrogen (secondary N) is 1. The van der Waals surface area contributed by atoms with Crippen LogP contribution in [0.5, 0.6) is 11.5 Å². The maximum Gasteiger partial charge on any atom is 0.189 e. The molecule has 1 saturated carbocycles. The molecule has 21 heavy (non-hydrogen) atoms. The Balaban J connectivity index is 1.66. The van der Waals surface area contributed by atoms with E-state index in [0.29, 0.717) is 31.8 Å². The molecule has 0 radical (unpaired) electrons. The monoisotopic (exact) mass is 289 g/mol. The molecule has 3 N–H and O–H groups in total. The van der Waals surface area contributed by atoms with Crippen LogP contribution in [0.2, 0.25) is 0 Å². The standard InChI is InChI=1S/C16H23N3O2/c17-16(19-13-6-1-2-7-13)18-11-12-5-3-8-14-15(12)21-10-4-9-20-14/h3,5,8,13H,1-2,4,6-7,9-11H2,(H3,17,18,19). The molecule has 1 aromatic rings. The Labute approximate surface area is 125 Å². The van der Waals surface area contributed by atoms with Gasteiger partial charge >= 0.3 is 0 Å². The molecule has 5 heteroatoms. The zero-order valence-corrected chi connectivity index (χ0v) is 12.3. The van der Waals surface area contributed by atoms with Crippen molar-refractivity contribution in [3.63, 3.8) is 0 Å². The highest BCUT2D eigenvalue weighted by molar-refractivity contribution is 5.78. The Morgan fingerprint density at radius 3 is 2.86 bits per heavy atom. The number of rotatable bonds is 3. The van der Waals surface area contributed by atoms with Gasteiger partial charge in [0.25, 0.3) is 0 Å². The Morgan fingerprint density at radius 2 is 2.00 bits per heavy atom. The van der Waals surface area contributed by atoms with E-state index >= 15 is 0 Å². The predicted octanol–water partition coefficient (Wildman–Crippen LogP) is 2.19. The van der Waals surface area contributed by atoms with Crippen LogP contribution in [-0.4, -0.2) is 25.2 Å². The van der Waals surface area contributed by atoms with E-state index in [1.54, 1.807) is 0 Å². The van der Waals surface area contributed by atoms with Gasteiger partial charge in [-0.05, 0) is 18.9 Å². The van der Waals surface area contributed by atoms with Crippen LogP contribution in [0.1, 0.15) is 37.7 Å². The second kappa shape index (κ2) is 6.70. The number of ether oxygens (including phenoxy) is 2. The van der Waals surface area contributed by atoms with Crippen LogP contribution in [0.15, 0.2) is 23.2 Å². The third-order valence-corrected chi connectivity index (χ3v) is 3.98. The summed E-state index contributed by atoms with van der Waals surface area (Å²) in [5.74, 6) is 2.14. The summed E-state index contributed by atoms with van der Waals surface area (Å²) in [5, 5.41) is 3.30. The van der Waals surface area contributed by atoms with Crippen molar-refractivity contribution in [3.8, 4) is 11.5 Å². The van der Waals surface area contributed by atoms with Gasteiger partial charge in [0.15, 0.2) is 17.5 Å². The fourth-order valence-corrected chi connectivity index (χ4v) is 2.87. The first-order valence-electron chi connectivity index (χ1n) is 7.77. The normalized spacial score (nSPS) is 19.3. The average molecular weight is 289 g/mol. The Hall–Kier alpha value is -1.91. The van der Waals surface area contributed by atoms with Gasteiger partial charge in [0, 0.05) is 18.0 Å². The molecule has 2 aliphatic rings. The molecule has 0 bridgehead atoms. The first-order chi connectivity index (χ1) is 10.3. The lowest BCUT2D eigenvalue weighted by Crippen LogP contribution is -2.38. The number of nitrogens with zero attached hydrogens (tertiary/aromatic N) is 1. The number of aliphatic imine (C=N–C) groups is 1. The number of para-hydroxylation sites is 1. The molecule has 1 aliphatic heterocycles. The molecule has 0 atom stereocenters. The molecular weight excluding hydrogens is 266 g/mol. The molecule has 1 aliphatic carbocycles. The summed E-state index contributed by atoms with van der Waals surface area (Å²) in [6.45, 7) is 1.90. The van der Waals surface area contributed by atoms with E-state index in [0.717, 1.165) is 23.5 Å². The third kappa shape index (κ3) is 3.60. The molecule has 0 spiro atoms. The Morgan fingerprint density at radius 1 is 1.19 bits per heavy atom. The van der Waals surface area contributed by atoms with Gasteiger partial charge in [-0.15, -0.1) is 0 Å². The van der Waals surface area contributed by atoms with Gasteiger partial charge in [-0.1, -0.05) is 25.0 Å². The predicted molar refractivity (Wildman–Crippen MR) is 82.8 cm³/mol. The molecular formula is C16H23N3O2. The van der Waals surface area contributed by atoms with Crippen LogP contribution in [0.3, 0.4) is 0 Å². The lowest BCUT2D eigenvalue weighted by Gasteiger charge is -2.13. The highest BCUT2D eigenvalue weighted by Gasteiger charge is 2.16. The van der Waals surface area contributed by atoms with Crippen LogP contribution in [-0.2, 0) is 6.54 Å². The van der Waals surface area contributed by atoms with Gasteiger partial charge in [0.1, 0.15) is 0 Å². The van der Waals surface area contributed by atoms with Crippen LogP contribution in [0.25, 0.3) is 0 Å². The van der Waals surface area contributed by atoms with E-state index in [9.17, 15) is 0 Å². The zero-order chi connectivity index (χ0) is 14.5. The summed E-state index contributed by atoms with van der Waals surface area (Å²) >= 11 is 0. The molecule has 1 aromatic carbocycles. The minimum Gasteiger partial charge on any atom is -0.490 e. The first kappa shape index (κ1) is 14.0. The molecule has 0 amide bonds. The van der Waals surface area contributed by atoms with Gasteiger partial charge in [0.05, 0.1) is 19.8 Å². The minimum absolute atomic E-state index is 0.487. The lowest BCUT2D eigenvalue weighted by molar-refractivity contribution is 0.296. The second-order valence-corrected chi connectivity index (χ2v) is 5.62. The van der Waals surface area contributed by atoms with Crippen molar-refractivity contribution >= 4 is 5.96 Å². The topological polar surface area (TPSA) is 68.9 Å². The number of hydrogen-bond acceptors (Lipinski definition) is 3. The van der Waals surface area contributed by atoms with Gasteiger partial charge < -0.3 is 20.5 Å². The van der Waals surface area contributed by atoms with Crippen molar-refractivity contribution in [2.24, 2.45) is 10.7 Å². The molecule has 0 unspecified atom stereocenters. The summed E-state index contributed by atoms with van der Waals surface area (Å²) in [6.07, 6.45) is 5.84. The lowest BCUT2D eigenvalue weighted by atomic mass is 10.2. The number of benzene rings is 1. The van der Waals surface area contributed by atoms with E-state index in [1.807, 2.05) is 18.2 Å². The van der Waals surface area contributed by atoms with Crippen molar-refractivity contribution in [3.05, 3.63) is 23.8 Å². The summed E-state index contributed by atoms with van der Waals surface area (Å²) in [5.41, 5.74) is 6.99.